The number of fused-ring (bicyclic) bond motifs is 1. The Balaban J connectivity index is 0.00000274. The third kappa shape index (κ3) is 3.94. The molecule has 4 aromatic rings. The average molecular weight is 488 g/mol. The number of carbonyl (C=O) groups is 1. The number of hydrogen-bond acceptors (Lipinski definition) is 6. The van der Waals surface area contributed by atoms with Gasteiger partial charge in [-0.2, -0.15) is 31.8 Å². The van der Waals surface area contributed by atoms with E-state index in [-0.39, 0.29) is 37.3 Å². The molecule has 0 bridgehead atoms. The second kappa shape index (κ2) is 8.60. The molecule has 3 aromatic heterocycles. The maximum atomic E-state index is 13.4. The number of benzene rings is 1. The number of carbonyl (C=O) groups excluding carboxylic acids is 1. The summed E-state index contributed by atoms with van der Waals surface area (Å²) in [4.78, 5) is 23.1. The van der Waals surface area contributed by atoms with E-state index < -0.39 is 17.6 Å². The van der Waals surface area contributed by atoms with E-state index in [1.807, 2.05) is 6.92 Å². The molecule has 0 saturated carbocycles. The number of alkyl halides is 3. The molecule has 0 unspecified atom stereocenters. The first-order valence-corrected chi connectivity index (χ1v) is 10.0. The summed E-state index contributed by atoms with van der Waals surface area (Å²) in [6, 6.07) is 5.11. The van der Waals surface area contributed by atoms with Gasteiger partial charge in [0.2, 0.25) is 0 Å². The van der Waals surface area contributed by atoms with E-state index >= 15 is 0 Å². The molecule has 1 aromatic carbocycles. The van der Waals surface area contributed by atoms with Gasteiger partial charge in [0.05, 0.1) is 29.6 Å². The van der Waals surface area contributed by atoms with E-state index in [9.17, 15) is 18.0 Å². The molecule has 0 fully saturated rings. The summed E-state index contributed by atoms with van der Waals surface area (Å²) >= 11 is 0. The van der Waals surface area contributed by atoms with Crippen LogP contribution in [0.1, 0.15) is 34.6 Å². The normalized spacial score (nSPS) is 15.7. The summed E-state index contributed by atoms with van der Waals surface area (Å²) in [7, 11) is 0. The van der Waals surface area contributed by atoms with Crippen molar-refractivity contribution in [2.45, 2.75) is 26.1 Å². The highest BCUT2D eigenvalue weighted by Gasteiger charge is 2.36. The first-order valence-electron chi connectivity index (χ1n) is 10.0. The largest absolute Gasteiger partial charge is 0.416 e. The number of hydrogen-bond donors (Lipinski definition) is 0. The molecule has 1 aliphatic heterocycles. The van der Waals surface area contributed by atoms with Gasteiger partial charge in [0.25, 0.3) is 5.91 Å². The SMILES string of the molecule is Cc1cc(N2C[C@H](C)n3ncc(-c4cc(-c5cnccn5)no4)c3C2=O)ccc1C(F)(F)F.S. The number of aromatic nitrogens is 5. The van der Waals surface area contributed by atoms with Gasteiger partial charge in [0.15, 0.2) is 5.76 Å². The number of anilines is 1. The molecule has 0 N–H and O–H groups in total. The van der Waals surface area contributed by atoms with Crippen LogP contribution in [0.4, 0.5) is 18.9 Å². The third-order valence-electron chi connectivity index (χ3n) is 5.54. The Morgan fingerprint density at radius 1 is 1.12 bits per heavy atom. The zero-order valence-electron chi connectivity index (χ0n) is 18.0. The lowest BCUT2D eigenvalue weighted by molar-refractivity contribution is -0.138. The lowest BCUT2D eigenvalue weighted by Crippen LogP contribution is -2.42. The molecule has 0 saturated heterocycles. The van der Waals surface area contributed by atoms with Gasteiger partial charge >= 0.3 is 6.18 Å². The van der Waals surface area contributed by atoms with Crippen molar-refractivity contribution in [3.8, 4) is 22.7 Å². The minimum absolute atomic E-state index is 0. The van der Waals surface area contributed by atoms with E-state index in [1.54, 1.807) is 10.7 Å². The highest BCUT2D eigenvalue weighted by atomic mass is 32.1. The summed E-state index contributed by atoms with van der Waals surface area (Å²) in [6.07, 6.45) is 1.67. The van der Waals surface area contributed by atoms with E-state index in [2.05, 4.69) is 20.2 Å². The Labute approximate surface area is 198 Å². The molecule has 34 heavy (non-hydrogen) atoms. The first kappa shape index (κ1) is 23.5. The number of rotatable bonds is 3. The minimum atomic E-state index is -4.46. The standard InChI is InChI=1S/C22H17F3N6O2.H2S/c1-12-7-14(3-4-16(12)22(23,24)25)30-11-13(2)31-20(21(30)32)15(9-28-31)19-8-17(29-33-19)18-10-26-5-6-27-18;/h3-10,13H,11H2,1-2H3;1H2/t13-;/m0./s1. The van der Waals surface area contributed by atoms with Crippen LogP contribution in [-0.2, 0) is 6.18 Å². The van der Waals surface area contributed by atoms with Crippen molar-refractivity contribution >= 4 is 25.1 Å². The van der Waals surface area contributed by atoms with Gasteiger partial charge < -0.3 is 9.42 Å². The molecule has 5 rings (SSSR count). The minimum Gasteiger partial charge on any atom is -0.355 e. The van der Waals surface area contributed by atoms with E-state index in [1.165, 1.54) is 48.7 Å². The topological polar surface area (TPSA) is 89.9 Å². The second-order valence-electron chi connectivity index (χ2n) is 7.78. The van der Waals surface area contributed by atoms with Gasteiger partial charge in [-0.1, -0.05) is 5.16 Å². The van der Waals surface area contributed by atoms with Crippen LogP contribution in [0.25, 0.3) is 22.7 Å². The van der Waals surface area contributed by atoms with Crippen LogP contribution in [0.15, 0.2) is 53.6 Å². The molecular formula is C22H19F3N6O2S. The fourth-order valence-corrected chi connectivity index (χ4v) is 3.95. The highest BCUT2D eigenvalue weighted by Crippen LogP contribution is 2.37. The van der Waals surface area contributed by atoms with Gasteiger partial charge in [-0.15, -0.1) is 0 Å². The summed E-state index contributed by atoms with van der Waals surface area (Å²) < 4.78 is 46.5. The Kier molecular flexibility index (Phi) is 5.94. The molecule has 0 spiro atoms. The molecule has 0 radical (unpaired) electrons. The maximum absolute atomic E-state index is 13.4. The van der Waals surface area contributed by atoms with Crippen LogP contribution in [0.5, 0.6) is 0 Å². The van der Waals surface area contributed by atoms with Crippen LogP contribution >= 0.6 is 13.5 Å². The average Bonchev–Trinajstić information content (AvgIpc) is 3.43. The highest BCUT2D eigenvalue weighted by molar-refractivity contribution is 7.59. The predicted molar refractivity (Wildman–Crippen MR) is 122 cm³/mol. The molecule has 1 amide bonds. The van der Waals surface area contributed by atoms with Crippen LogP contribution < -0.4 is 4.90 Å². The van der Waals surface area contributed by atoms with Crippen LogP contribution in [0, 0.1) is 6.92 Å². The molecule has 8 nitrogen and oxygen atoms in total. The van der Waals surface area contributed by atoms with E-state index in [0.717, 1.165) is 6.07 Å². The monoisotopic (exact) mass is 488 g/mol. The second-order valence-corrected chi connectivity index (χ2v) is 7.78. The molecular weight excluding hydrogens is 469 g/mol. The number of aryl methyl sites for hydroxylation is 1. The quantitative estimate of drug-likeness (QED) is 0.417. The van der Waals surface area contributed by atoms with Gasteiger partial charge in [-0.25, -0.2) is 0 Å². The zero-order valence-corrected chi connectivity index (χ0v) is 19.0. The Hall–Kier alpha value is -3.67. The summed E-state index contributed by atoms with van der Waals surface area (Å²) in [6.45, 7) is 3.52. The smallest absolute Gasteiger partial charge is 0.355 e. The van der Waals surface area contributed by atoms with Crippen molar-refractivity contribution in [3.63, 3.8) is 0 Å². The van der Waals surface area contributed by atoms with Gasteiger partial charge in [-0.05, 0) is 37.6 Å². The van der Waals surface area contributed by atoms with Gasteiger partial charge in [-0.3, -0.25) is 19.4 Å². The van der Waals surface area contributed by atoms with Crippen molar-refractivity contribution in [2.24, 2.45) is 0 Å². The number of amides is 1. The maximum Gasteiger partial charge on any atom is 0.416 e. The van der Waals surface area contributed by atoms with Crippen molar-refractivity contribution in [1.29, 1.82) is 0 Å². The van der Waals surface area contributed by atoms with Crippen molar-refractivity contribution in [3.05, 3.63) is 65.9 Å². The van der Waals surface area contributed by atoms with Crippen LogP contribution in [0.3, 0.4) is 0 Å². The summed E-state index contributed by atoms with van der Waals surface area (Å²) in [5.74, 6) is -0.0693. The van der Waals surface area contributed by atoms with Crippen LogP contribution in [-0.4, -0.2) is 37.4 Å². The molecule has 0 aliphatic carbocycles. The fourth-order valence-electron chi connectivity index (χ4n) is 3.95. The zero-order chi connectivity index (χ0) is 23.3. The first-order chi connectivity index (χ1) is 15.7. The number of nitrogens with zero attached hydrogens (tertiary/aromatic N) is 6. The van der Waals surface area contributed by atoms with E-state index in [0.29, 0.717) is 28.4 Å². The summed E-state index contributed by atoms with van der Waals surface area (Å²) in [5.41, 5.74) is 1.36. The number of halogens is 3. The molecule has 1 aliphatic rings. The Morgan fingerprint density at radius 3 is 2.59 bits per heavy atom. The van der Waals surface area contributed by atoms with Crippen molar-refractivity contribution in [1.82, 2.24) is 24.9 Å². The van der Waals surface area contributed by atoms with Crippen molar-refractivity contribution in [2.75, 3.05) is 11.4 Å². The van der Waals surface area contributed by atoms with Crippen molar-refractivity contribution < 1.29 is 22.5 Å². The Bertz CT molecular complexity index is 1350. The lowest BCUT2D eigenvalue weighted by Gasteiger charge is -2.32. The molecule has 176 valence electrons. The molecule has 12 heteroatoms. The summed E-state index contributed by atoms with van der Waals surface area (Å²) in [5, 5.41) is 8.35. The predicted octanol–water partition coefficient (Wildman–Crippen LogP) is 4.66. The molecule has 4 heterocycles. The van der Waals surface area contributed by atoms with Crippen LogP contribution in [0.2, 0.25) is 0 Å². The molecule has 1 atom stereocenters. The van der Waals surface area contributed by atoms with Gasteiger partial charge in [0.1, 0.15) is 17.1 Å². The van der Waals surface area contributed by atoms with E-state index in [4.69, 9.17) is 4.52 Å². The lowest BCUT2D eigenvalue weighted by atomic mass is 10.0. The fraction of sp³-hybridized carbons (Fsp3) is 0.227. The van der Waals surface area contributed by atoms with Gasteiger partial charge in [0, 0.05) is 30.7 Å². The third-order valence-corrected chi connectivity index (χ3v) is 5.54. The Morgan fingerprint density at radius 2 is 1.91 bits per heavy atom.